The van der Waals surface area contributed by atoms with Gasteiger partial charge < -0.3 is 0 Å². The van der Waals surface area contributed by atoms with E-state index in [4.69, 9.17) is 0 Å². The summed E-state index contributed by atoms with van der Waals surface area (Å²) in [6.07, 6.45) is 3.96. The molecule has 3 heteroatoms. The number of hydrogen-bond donors (Lipinski definition) is 1. The average Bonchev–Trinajstić information content (AvgIpc) is 2.38. The quantitative estimate of drug-likeness (QED) is 0.488. The molecule has 0 saturated heterocycles. The molecule has 0 atom stereocenters. The smallest absolute Gasteiger partial charge is 0.0763 e. The van der Waals surface area contributed by atoms with Gasteiger partial charge in [-0.15, -0.1) is 24.4 Å². The zero-order chi connectivity index (χ0) is 12.1. The molecule has 17 heavy (non-hydrogen) atoms. The second-order valence-corrected chi connectivity index (χ2v) is 4.82. The van der Waals surface area contributed by atoms with Gasteiger partial charge in [-0.05, 0) is 24.5 Å². The number of aliphatic imine (C=N–C) groups is 1. The number of para-hydroxylation sites is 1. The molecule has 0 bridgehead atoms. The lowest BCUT2D eigenvalue weighted by molar-refractivity contribution is 1.37. The lowest BCUT2D eigenvalue weighted by Crippen LogP contribution is -1.84. The maximum Gasteiger partial charge on any atom is 0.0763 e. The Hall–Kier alpha value is -1.19. The Morgan fingerprint density at radius 3 is 2.53 bits per heavy atom. The number of benzene rings is 2. The van der Waals surface area contributed by atoms with E-state index in [1.165, 1.54) is 4.90 Å². The van der Waals surface area contributed by atoms with Crippen LogP contribution < -0.4 is 0 Å². The van der Waals surface area contributed by atoms with Gasteiger partial charge in [-0.3, -0.25) is 4.99 Å². The molecular weight excluding hydrogens is 246 g/mol. The Labute approximate surface area is 111 Å². The van der Waals surface area contributed by atoms with Gasteiger partial charge in [0.1, 0.15) is 0 Å². The van der Waals surface area contributed by atoms with Crippen LogP contribution in [-0.4, -0.2) is 12.5 Å². The summed E-state index contributed by atoms with van der Waals surface area (Å²) < 4.78 is 0. The summed E-state index contributed by atoms with van der Waals surface area (Å²) >= 11 is 6.10. The molecule has 0 aliphatic heterocycles. The largest absolute Gasteiger partial charge is 0.255 e. The third-order valence-electron chi connectivity index (χ3n) is 2.36. The standard InChI is InChI=1S/C14H13NS2/c1-17-14-9-5-2-6-11(14)10-15-12-7-3-4-8-13(12)16/h2-10,16H,1H3. The van der Waals surface area contributed by atoms with Gasteiger partial charge in [-0.25, -0.2) is 0 Å². The predicted molar refractivity (Wildman–Crippen MR) is 79.2 cm³/mol. The molecule has 2 aromatic rings. The molecule has 0 heterocycles. The Balaban J connectivity index is 2.29. The summed E-state index contributed by atoms with van der Waals surface area (Å²) in [6.45, 7) is 0. The van der Waals surface area contributed by atoms with E-state index in [2.05, 4.69) is 36.0 Å². The molecule has 0 spiro atoms. The van der Waals surface area contributed by atoms with Gasteiger partial charge in [0.15, 0.2) is 0 Å². The van der Waals surface area contributed by atoms with Crippen molar-refractivity contribution < 1.29 is 0 Å². The van der Waals surface area contributed by atoms with Crippen molar-refractivity contribution in [3.8, 4) is 0 Å². The highest BCUT2D eigenvalue weighted by Gasteiger charge is 1.97. The van der Waals surface area contributed by atoms with Crippen molar-refractivity contribution in [3.05, 3.63) is 54.1 Å². The topological polar surface area (TPSA) is 12.4 Å². The number of thiol groups is 1. The number of thioether (sulfide) groups is 1. The summed E-state index contributed by atoms with van der Waals surface area (Å²) in [5.74, 6) is 0. The minimum absolute atomic E-state index is 0.894. The molecule has 0 aliphatic rings. The molecule has 86 valence electrons. The minimum atomic E-state index is 0.894. The molecule has 0 saturated carbocycles. The average molecular weight is 259 g/mol. The molecule has 0 amide bonds. The first-order chi connectivity index (χ1) is 8.31. The normalized spacial score (nSPS) is 10.9. The van der Waals surface area contributed by atoms with E-state index in [1.54, 1.807) is 11.8 Å². The minimum Gasteiger partial charge on any atom is -0.255 e. The maximum absolute atomic E-state index is 4.47. The van der Waals surface area contributed by atoms with Gasteiger partial charge in [0.25, 0.3) is 0 Å². The van der Waals surface area contributed by atoms with E-state index in [1.807, 2.05) is 42.6 Å². The zero-order valence-electron chi connectivity index (χ0n) is 9.50. The molecule has 2 rings (SSSR count). The molecule has 1 nitrogen and oxygen atoms in total. The van der Waals surface area contributed by atoms with Gasteiger partial charge in [0, 0.05) is 21.6 Å². The van der Waals surface area contributed by atoms with Crippen LogP contribution in [0.5, 0.6) is 0 Å². The van der Waals surface area contributed by atoms with Crippen molar-refractivity contribution in [2.45, 2.75) is 9.79 Å². The number of nitrogens with zero attached hydrogens (tertiary/aromatic N) is 1. The van der Waals surface area contributed by atoms with Gasteiger partial charge in [-0.2, -0.15) is 0 Å². The van der Waals surface area contributed by atoms with Crippen molar-refractivity contribution in [2.75, 3.05) is 6.26 Å². The highest BCUT2D eigenvalue weighted by atomic mass is 32.2. The van der Waals surface area contributed by atoms with E-state index < -0.39 is 0 Å². The van der Waals surface area contributed by atoms with Gasteiger partial charge in [0.05, 0.1) is 5.69 Å². The summed E-state index contributed by atoms with van der Waals surface area (Å²) in [5.41, 5.74) is 2.03. The molecular formula is C14H13NS2. The Bertz CT molecular complexity index is 535. The fraction of sp³-hybridized carbons (Fsp3) is 0.0714. The predicted octanol–water partition coefficient (Wildman–Crippen LogP) is 4.45. The summed E-state index contributed by atoms with van der Waals surface area (Å²) in [7, 11) is 0. The van der Waals surface area contributed by atoms with Crippen LogP contribution in [0.4, 0.5) is 5.69 Å². The van der Waals surface area contributed by atoms with Crippen LogP contribution >= 0.6 is 24.4 Å². The summed E-state index contributed by atoms with van der Waals surface area (Å²) in [6, 6.07) is 16.0. The lowest BCUT2D eigenvalue weighted by atomic mass is 10.2. The van der Waals surface area contributed by atoms with Crippen LogP contribution in [-0.2, 0) is 0 Å². The Morgan fingerprint density at radius 2 is 1.76 bits per heavy atom. The molecule has 0 aliphatic carbocycles. The lowest BCUT2D eigenvalue weighted by Gasteiger charge is -2.01. The van der Waals surface area contributed by atoms with Crippen molar-refractivity contribution in [2.24, 2.45) is 4.99 Å². The monoisotopic (exact) mass is 259 g/mol. The van der Waals surface area contributed by atoms with E-state index >= 15 is 0 Å². The number of rotatable bonds is 3. The van der Waals surface area contributed by atoms with Gasteiger partial charge in [0.2, 0.25) is 0 Å². The molecule has 0 fully saturated rings. The van der Waals surface area contributed by atoms with E-state index in [-0.39, 0.29) is 0 Å². The third-order valence-corrected chi connectivity index (χ3v) is 3.55. The first-order valence-corrected chi connectivity index (χ1v) is 6.93. The highest BCUT2D eigenvalue weighted by molar-refractivity contribution is 7.98. The van der Waals surface area contributed by atoms with Crippen LogP contribution in [0.3, 0.4) is 0 Å². The van der Waals surface area contributed by atoms with Crippen molar-refractivity contribution in [1.82, 2.24) is 0 Å². The first-order valence-electron chi connectivity index (χ1n) is 5.26. The molecule has 0 N–H and O–H groups in total. The van der Waals surface area contributed by atoms with E-state index in [0.717, 1.165) is 16.1 Å². The Kier molecular flexibility index (Phi) is 4.29. The highest BCUT2D eigenvalue weighted by Crippen LogP contribution is 2.23. The molecule has 2 aromatic carbocycles. The van der Waals surface area contributed by atoms with E-state index in [0.29, 0.717) is 0 Å². The van der Waals surface area contributed by atoms with Crippen LogP contribution in [0.1, 0.15) is 5.56 Å². The second-order valence-electron chi connectivity index (χ2n) is 3.49. The molecule has 0 unspecified atom stereocenters. The SMILES string of the molecule is CSc1ccccc1C=Nc1ccccc1S. The maximum atomic E-state index is 4.47. The number of hydrogen-bond acceptors (Lipinski definition) is 3. The molecule has 0 aromatic heterocycles. The first kappa shape index (κ1) is 12.3. The second kappa shape index (κ2) is 5.94. The van der Waals surface area contributed by atoms with Crippen molar-refractivity contribution >= 4 is 36.3 Å². The fourth-order valence-corrected chi connectivity index (χ4v) is 2.27. The van der Waals surface area contributed by atoms with Crippen LogP contribution in [0.2, 0.25) is 0 Å². The Morgan fingerprint density at radius 1 is 1.06 bits per heavy atom. The van der Waals surface area contributed by atoms with Gasteiger partial charge >= 0.3 is 0 Å². The summed E-state index contributed by atoms with van der Waals surface area (Å²) in [5, 5.41) is 0. The molecule has 0 radical (unpaired) electrons. The fourth-order valence-electron chi connectivity index (χ4n) is 1.49. The zero-order valence-corrected chi connectivity index (χ0v) is 11.2. The van der Waals surface area contributed by atoms with Crippen molar-refractivity contribution in [3.63, 3.8) is 0 Å². The van der Waals surface area contributed by atoms with Crippen LogP contribution in [0.25, 0.3) is 0 Å². The third kappa shape index (κ3) is 3.14. The van der Waals surface area contributed by atoms with Crippen LogP contribution in [0, 0.1) is 0 Å². The van der Waals surface area contributed by atoms with Crippen molar-refractivity contribution in [1.29, 1.82) is 0 Å². The van der Waals surface area contributed by atoms with Crippen LogP contribution in [0.15, 0.2) is 63.3 Å². The van der Waals surface area contributed by atoms with Gasteiger partial charge in [-0.1, -0.05) is 30.3 Å². The summed E-state index contributed by atoms with van der Waals surface area (Å²) in [4.78, 5) is 6.59. The van der Waals surface area contributed by atoms with E-state index in [9.17, 15) is 0 Å².